The topological polar surface area (TPSA) is 206 Å². The van der Waals surface area contributed by atoms with Crippen molar-refractivity contribution in [3.63, 3.8) is 0 Å². The summed E-state index contributed by atoms with van der Waals surface area (Å²) in [5.41, 5.74) is 2.44. The molecule has 0 saturated heterocycles. The Morgan fingerprint density at radius 1 is 1.15 bits per heavy atom. The molecule has 0 spiro atoms. The molecule has 1 aromatic rings. The Bertz CT molecular complexity index is 1370. The number of halogens is 1. The number of carbonyl (C=O) groups is 4. The second-order valence-corrected chi connectivity index (χ2v) is 10.6. The van der Waals surface area contributed by atoms with Crippen molar-refractivity contribution in [3.05, 3.63) is 34.1 Å². The quantitative estimate of drug-likeness (QED) is 0.171. The number of rotatable bonds is 6. The maximum atomic E-state index is 14.0. The van der Waals surface area contributed by atoms with Gasteiger partial charge in [0, 0.05) is 31.3 Å². The fourth-order valence-corrected chi connectivity index (χ4v) is 6.14. The van der Waals surface area contributed by atoms with Gasteiger partial charge >= 0.3 is 0 Å². The number of primary amides is 1. The van der Waals surface area contributed by atoms with Crippen LogP contribution >= 0.6 is 12.4 Å². The number of fused-ring (bicyclic) bond motifs is 3. The van der Waals surface area contributed by atoms with Crippen molar-refractivity contribution < 1.29 is 39.6 Å². The van der Waals surface area contributed by atoms with E-state index in [9.17, 15) is 39.6 Å². The molecule has 218 valence electrons. The summed E-state index contributed by atoms with van der Waals surface area (Å²) in [7, 11) is 8.14. The first-order valence-electron chi connectivity index (χ1n) is 12.3. The van der Waals surface area contributed by atoms with Gasteiger partial charge in [0.2, 0.25) is 11.7 Å². The molecule has 13 nitrogen and oxygen atoms in total. The third kappa shape index (κ3) is 4.38. The van der Waals surface area contributed by atoms with Crippen LogP contribution in [0.5, 0.6) is 5.75 Å². The zero-order valence-electron chi connectivity index (χ0n) is 22.7. The Morgan fingerprint density at radius 3 is 2.30 bits per heavy atom. The van der Waals surface area contributed by atoms with Crippen LogP contribution in [0.15, 0.2) is 23.0 Å². The van der Waals surface area contributed by atoms with Gasteiger partial charge in [0.15, 0.2) is 11.4 Å². The van der Waals surface area contributed by atoms with E-state index < -0.39 is 69.7 Å². The number of hydrogen-bond acceptors (Lipinski definition) is 11. The number of phenols is 1. The lowest BCUT2D eigenvalue weighted by molar-refractivity contribution is -0.153. The molecule has 0 aromatic heterocycles. The lowest BCUT2D eigenvalue weighted by Gasteiger charge is -2.50. The highest BCUT2D eigenvalue weighted by Crippen LogP contribution is 2.54. The van der Waals surface area contributed by atoms with Crippen LogP contribution in [0.25, 0.3) is 5.76 Å². The zero-order chi connectivity index (χ0) is 29.1. The molecule has 0 radical (unpaired) electrons. The van der Waals surface area contributed by atoms with Crippen molar-refractivity contribution in [1.29, 1.82) is 0 Å². The Balaban J connectivity index is 0.00000441. The normalized spacial score (nSPS) is 25.6. The Labute approximate surface area is 236 Å². The van der Waals surface area contributed by atoms with Gasteiger partial charge < -0.3 is 41.7 Å². The van der Waals surface area contributed by atoms with Crippen molar-refractivity contribution in [2.75, 3.05) is 52.0 Å². The molecule has 40 heavy (non-hydrogen) atoms. The molecule has 0 heterocycles. The zero-order valence-corrected chi connectivity index (χ0v) is 23.5. The maximum absolute atomic E-state index is 14.0. The highest BCUT2D eigenvalue weighted by atomic mass is 35.5. The first-order valence-corrected chi connectivity index (χ1v) is 12.3. The average molecular weight is 580 g/mol. The lowest BCUT2D eigenvalue weighted by atomic mass is 9.57. The Hall–Kier alpha value is -3.65. The molecule has 2 unspecified atom stereocenters. The number of hydrogen-bond donors (Lipinski definition) is 7. The van der Waals surface area contributed by atoms with Crippen LogP contribution in [0, 0.1) is 11.8 Å². The monoisotopic (exact) mass is 579 g/mol. The van der Waals surface area contributed by atoms with Gasteiger partial charge in [-0.25, -0.2) is 0 Å². The number of anilines is 2. The number of aromatic hydroxyl groups is 1. The summed E-state index contributed by atoms with van der Waals surface area (Å²) >= 11 is 0. The number of ketones is 2. The van der Waals surface area contributed by atoms with Crippen LogP contribution in [0.2, 0.25) is 0 Å². The summed E-state index contributed by atoms with van der Waals surface area (Å²) in [5, 5.41) is 50.5. The first kappa shape index (κ1) is 30.9. The van der Waals surface area contributed by atoms with Gasteiger partial charge in [-0.1, -0.05) is 0 Å². The number of likely N-dealkylation sites (N-methyl/N-ethyl adjacent to an activating group) is 2. The van der Waals surface area contributed by atoms with Crippen molar-refractivity contribution in [2.24, 2.45) is 17.6 Å². The number of nitrogens with one attached hydrogen (secondary N) is 2. The summed E-state index contributed by atoms with van der Waals surface area (Å²) in [4.78, 5) is 54.7. The molecule has 4 rings (SSSR count). The minimum Gasteiger partial charge on any atom is -0.508 e. The number of amides is 2. The van der Waals surface area contributed by atoms with E-state index in [0.717, 1.165) is 0 Å². The van der Waals surface area contributed by atoms with Gasteiger partial charge in [0.1, 0.15) is 22.8 Å². The van der Waals surface area contributed by atoms with Crippen LogP contribution in [0.3, 0.4) is 0 Å². The first-order chi connectivity index (χ1) is 18.2. The van der Waals surface area contributed by atoms with Crippen molar-refractivity contribution >= 4 is 52.9 Å². The predicted molar refractivity (Wildman–Crippen MR) is 148 cm³/mol. The fourth-order valence-electron chi connectivity index (χ4n) is 6.14. The summed E-state index contributed by atoms with van der Waals surface area (Å²) in [6, 6.07) is 0.399. The molecular weight excluding hydrogens is 546 g/mol. The second kappa shape index (κ2) is 10.7. The maximum Gasteiger partial charge on any atom is 0.255 e. The van der Waals surface area contributed by atoms with E-state index in [4.69, 9.17) is 5.73 Å². The van der Waals surface area contributed by atoms with E-state index >= 15 is 0 Å². The number of aliphatic hydroxyl groups is 3. The second-order valence-electron chi connectivity index (χ2n) is 10.6. The molecular formula is C26H34ClN5O8. The highest BCUT2D eigenvalue weighted by molar-refractivity contribution is 6.24. The highest BCUT2D eigenvalue weighted by Gasteiger charge is 2.64. The van der Waals surface area contributed by atoms with E-state index in [-0.39, 0.29) is 48.6 Å². The number of Topliss-reactive ketones (excluding diaryl/α,β-unsaturated/α-hetero) is 2. The fraction of sp³-hybridized carbons (Fsp3) is 0.462. The van der Waals surface area contributed by atoms with Crippen molar-refractivity contribution in [2.45, 2.75) is 24.5 Å². The lowest BCUT2D eigenvalue weighted by Crippen LogP contribution is -2.65. The van der Waals surface area contributed by atoms with E-state index in [0.29, 0.717) is 11.3 Å². The van der Waals surface area contributed by atoms with E-state index in [1.807, 2.05) is 0 Å². The summed E-state index contributed by atoms with van der Waals surface area (Å²) < 4.78 is 0. The molecule has 1 fully saturated rings. The summed E-state index contributed by atoms with van der Waals surface area (Å²) in [5.74, 6) is -7.78. The van der Waals surface area contributed by atoms with Gasteiger partial charge in [-0.15, -0.1) is 12.4 Å². The van der Waals surface area contributed by atoms with E-state index in [1.165, 1.54) is 4.90 Å². The van der Waals surface area contributed by atoms with Gasteiger partial charge in [-0.3, -0.25) is 24.1 Å². The van der Waals surface area contributed by atoms with Crippen LogP contribution in [0.4, 0.5) is 11.4 Å². The summed E-state index contributed by atoms with van der Waals surface area (Å²) in [6.07, 6.45) is 0.125. The van der Waals surface area contributed by atoms with Crippen LogP contribution in [-0.4, -0.2) is 102 Å². The molecule has 2 amide bonds. The van der Waals surface area contributed by atoms with E-state index in [1.54, 1.807) is 46.2 Å². The van der Waals surface area contributed by atoms with E-state index in [2.05, 4.69) is 10.6 Å². The molecule has 1 aromatic carbocycles. The van der Waals surface area contributed by atoms with Gasteiger partial charge in [-0.2, -0.15) is 0 Å². The molecule has 3 aliphatic rings. The van der Waals surface area contributed by atoms with Gasteiger partial charge in [0.25, 0.3) is 5.91 Å². The van der Waals surface area contributed by atoms with Crippen molar-refractivity contribution in [1.82, 2.24) is 10.2 Å². The molecule has 0 aliphatic heterocycles. The van der Waals surface area contributed by atoms with Crippen LogP contribution < -0.4 is 21.3 Å². The molecule has 3 aliphatic carbocycles. The molecule has 0 bridgehead atoms. The molecule has 4 atom stereocenters. The number of benzene rings is 1. The smallest absolute Gasteiger partial charge is 0.255 e. The number of phenolic OH excluding ortho intramolecular Hbond substituents is 1. The molecule has 8 N–H and O–H groups in total. The number of aliphatic hydroxyl groups excluding tert-OH is 2. The molecule has 14 heteroatoms. The predicted octanol–water partition coefficient (Wildman–Crippen LogP) is -0.390. The number of carbonyl (C=O) groups excluding carboxylic acids is 4. The van der Waals surface area contributed by atoms with Gasteiger partial charge in [-0.05, 0) is 51.5 Å². The third-order valence-corrected chi connectivity index (χ3v) is 7.79. The Kier molecular flexibility index (Phi) is 8.28. The molecule has 1 saturated carbocycles. The largest absolute Gasteiger partial charge is 0.508 e. The summed E-state index contributed by atoms with van der Waals surface area (Å²) in [6.45, 7) is -0.0462. The van der Waals surface area contributed by atoms with Crippen LogP contribution in [-0.2, 0) is 25.6 Å². The minimum absolute atomic E-state index is 0. The standard InChI is InChI=1S/C26H33N5O8.ClH/c1-28-9-15(32)29-13-8-14(30(2)3)11-6-10-7-12-19(31(4)5)22(35)18(25(27)38)24(37)26(12,39)23(36)16(10)21(34)17(11)20(13)33;/h8,10,12,19,28,33-34,37,39H,6-7,9H2,1-5H3,(H2,27,38)(H,29,32);1H/t10?,12?,19-,26-;/m0./s1. The van der Waals surface area contributed by atoms with Crippen LogP contribution in [0.1, 0.15) is 17.5 Å². The van der Waals surface area contributed by atoms with Gasteiger partial charge in [0.05, 0.1) is 23.8 Å². The Morgan fingerprint density at radius 2 is 1.77 bits per heavy atom. The SMILES string of the molecule is CNCC(=O)Nc1cc(N(C)C)c2c(c1O)C(O)=C1C(=O)[C@]3(O)C(O)=C(C(N)=O)C(=O)[C@@H](N(C)C)C3CC1C2.Cl. The average Bonchev–Trinajstić information content (AvgIpc) is 2.82. The minimum atomic E-state index is -2.72. The number of nitrogens with zero attached hydrogens (tertiary/aromatic N) is 2. The number of nitrogens with two attached hydrogens (primary N) is 1. The van der Waals surface area contributed by atoms with Crippen molar-refractivity contribution in [3.8, 4) is 5.75 Å². The third-order valence-electron chi connectivity index (χ3n) is 7.79.